The van der Waals surface area contributed by atoms with Crippen molar-refractivity contribution in [2.24, 2.45) is 17.6 Å². The van der Waals surface area contributed by atoms with Crippen molar-refractivity contribution in [2.45, 2.75) is 24.5 Å². The van der Waals surface area contributed by atoms with Crippen LogP contribution in [0.15, 0.2) is 47.4 Å². The molecule has 1 aromatic carbocycles. The summed E-state index contributed by atoms with van der Waals surface area (Å²) in [6.45, 7) is 0. The molecule has 0 aliphatic heterocycles. The molecule has 0 spiro atoms. The lowest BCUT2D eigenvalue weighted by molar-refractivity contribution is -0.153. The van der Waals surface area contributed by atoms with Crippen LogP contribution in [0.25, 0.3) is 16.9 Å². The zero-order valence-electron chi connectivity index (χ0n) is 19.9. The van der Waals surface area contributed by atoms with Crippen molar-refractivity contribution >= 4 is 23.2 Å². The molecule has 192 valence electrons. The first-order chi connectivity index (χ1) is 17.4. The van der Waals surface area contributed by atoms with Crippen LogP contribution in [-0.2, 0) is 20.8 Å². The number of aromatic hydroxyl groups is 1. The fourth-order valence-electron chi connectivity index (χ4n) is 6.08. The molecular formula is C26H24FN3O7. The number of pyridine rings is 1. The number of amides is 1. The average Bonchev–Trinajstić information content (AvgIpc) is 2.82. The summed E-state index contributed by atoms with van der Waals surface area (Å²) >= 11 is 0. The van der Waals surface area contributed by atoms with Crippen LogP contribution in [-0.4, -0.2) is 73.5 Å². The molecule has 37 heavy (non-hydrogen) atoms. The summed E-state index contributed by atoms with van der Waals surface area (Å²) in [7, 11) is 3.05. The number of phenolic OH excluding ortho intramolecular Hbond substituents is 1. The van der Waals surface area contributed by atoms with Crippen LogP contribution in [0, 0.1) is 17.8 Å². The summed E-state index contributed by atoms with van der Waals surface area (Å²) in [6.07, 6.45) is 1.27. The number of phenols is 1. The number of ketones is 2. The van der Waals surface area contributed by atoms with E-state index in [0.29, 0.717) is 11.1 Å². The number of nitrogens with two attached hydrogens (primary N) is 1. The second kappa shape index (κ2) is 8.22. The maximum absolute atomic E-state index is 14.6. The number of Topliss-reactive ketones (excluding diaryl/α,β-unsaturated/α-hetero) is 2. The van der Waals surface area contributed by atoms with Crippen molar-refractivity contribution < 1.29 is 39.2 Å². The Balaban J connectivity index is 1.76. The van der Waals surface area contributed by atoms with Gasteiger partial charge in [0, 0.05) is 23.3 Å². The van der Waals surface area contributed by atoms with Crippen molar-refractivity contribution in [1.82, 2.24) is 9.88 Å². The third kappa shape index (κ3) is 3.24. The van der Waals surface area contributed by atoms with E-state index < -0.39 is 64.0 Å². The number of aromatic nitrogens is 1. The smallest absolute Gasteiger partial charge is 0.255 e. The summed E-state index contributed by atoms with van der Waals surface area (Å²) in [5.74, 6) is -8.13. The highest BCUT2D eigenvalue weighted by Crippen LogP contribution is 2.53. The molecule has 2 aromatic rings. The number of hydrogen-bond donors (Lipinski definition) is 5. The second-order valence-corrected chi connectivity index (χ2v) is 9.79. The zero-order chi connectivity index (χ0) is 27.0. The third-order valence-electron chi connectivity index (χ3n) is 7.65. The number of rotatable bonds is 3. The number of aliphatic hydroxyl groups excluding tert-OH is 2. The molecule has 1 amide bonds. The molecule has 1 heterocycles. The van der Waals surface area contributed by atoms with Gasteiger partial charge in [-0.05, 0) is 62.2 Å². The van der Waals surface area contributed by atoms with Crippen LogP contribution in [0.1, 0.15) is 17.5 Å². The number of hydrogen-bond acceptors (Lipinski definition) is 9. The number of likely N-dealkylation sites (N-methyl/N-ethyl adjacent to an activating group) is 1. The highest BCUT2D eigenvalue weighted by atomic mass is 19.1. The van der Waals surface area contributed by atoms with E-state index >= 15 is 0 Å². The molecule has 3 aliphatic rings. The van der Waals surface area contributed by atoms with Gasteiger partial charge in [0.25, 0.3) is 5.91 Å². The average molecular weight is 509 g/mol. The monoisotopic (exact) mass is 509 g/mol. The van der Waals surface area contributed by atoms with E-state index in [1.807, 2.05) is 0 Å². The maximum Gasteiger partial charge on any atom is 0.255 e. The molecule has 1 fully saturated rings. The summed E-state index contributed by atoms with van der Waals surface area (Å²) in [6, 6.07) is 4.57. The number of fused-ring (bicyclic) bond motifs is 3. The summed E-state index contributed by atoms with van der Waals surface area (Å²) in [5.41, 5.74) is 2.17. The summed E-state index contributed by atoms with van der Waals surface area (Å²) in [4.78, 5) is 44.1. The Hall–Kier alpha value is -4.09. The minimum absolute atomic E-state index is 0.0482. The van der Waals surface area contributed by atoms with Crippen molar-refractivity contribution in [3.8, 4) is 16.9 Å². The topological polar surface area (TPSA) is 174 Å². The van der Waals surface area contributed by atoms with E-state index in [-0.39, 0.29) is 35.3 Å². The Morgan fingerprint density at radius 1 is 1.16 bits per heavy atom. The number of halogens is 1. The molecule has 0 radical (unpaired) electrons. The Kier molecular flexibility index (Phi) is 5.46. The van der Waals surface area contributed by atoms with E-state index in [4.69, 9.17) is 5.73 Å². The van der Waals surface area contributed by atoms with E-state index in [1.54, 1.807) is 0 Å². The first-order valence-corrected chi connectivity index (χ1v) is 11.5. The van der Waals surface area contributed by atoms with Gasteiger partial charge in [0.1, 0.15) is 22.8 Å². The zero-order valence-corrected chi connectivity index (χ0v) is 19.9. The lowest BCUT2D eigenvalue weighted by Crippen LogP contribution is -2.65. The van der Waals surface area contributed by atoms with Gasteiger partial charge in [-0.15, -0.1) is 0 Å². The normalized spacial score (nSPS) is 27.2. The van der Waals surface area contributed by atoms with Crippen LogP contribution in [0.5, 0.6) is 5.75 Å². The van der Waals surface area contributed by atoms with Gasteiger partial charge >= 0.3 is 0 Å². The van der Waals surface area contributed by atoms with Gasteiger partial charge in [-0.1, -0.05) is 6.07 Å². The van der Waals surface area contributed by atoms with Crippen molar-refractivity contribution in [3.05, 3.63) is 64.4 Å². The number of nitrogens with zero attached hydrogens (tertiary/aromatic N) is 2. The van der Waals surface area contributed by atoms with Gasteiger partial charge in [-0.3, -0.25) is 19.3 Å². The van der Waals surface area contributed by atoms with Gasteiger partial charge in [-0.25, -0.2) is 4.98 Å². The molecular weight excluding hydrogens is 485 g/mol. The van der Waals surface area contributed by atoms with Gasteiger partial charge in [0.2, 0.25) is 11.7 Å². The molecule has 3 aliphatic carbocycles. The van der Waals surface area contributed by atoms with Gasteiger partial charge < -0.3 is 26.2 Å². The number of carbonyl (C=O) groups is 3. The quantitative estimate of drug-likeness (QED) is 0.300. The van der Waals surface area contributed by atoms with E-state index in [1.165, 1.54) is 49.5 Å². The first-order valence-electron chi connectivity index (χ1n) is 11.5. The number of benzene rings is 1. The predicted molar refractivity (Wildman–Crippen MR) is 127 cm³/mol. The van der Waals surface area contributed by atoms with Crippen LogP contribution in [0.3, 0.4) is 0 Å². The standard InChI is InChI=1S/C26H24FN3O7/c1-30(2)19-14-9-10-8-13-11(12-4-3-7-29-24(12)27)5-6-15(31)17(13)20(32)16(10)22(34)26(14,37)23(35)18(21(19)33)25(28)36/h3-7,10,14,19,31-32,35,37H,8-9H2,1-2H3,(H2,28,36)/t10-,14-,19-,26-/m0/s1. The lowest BCUT2D eigenvalue weighted by Gasteiger charge is -2.50. The molecule has 0 saturated heterocycles. The Morgan fingerprint density at radius 3 is 2.49 bits per heavy atom. The minimum atomic E-state index is -2.72. The molecule has 0 unspecified atom stereocenters. The summed E-state index contributed by atoms with van der Waals surface area (Å²) in [5, 5.41) is 44.3. The molecule has 11 heteroatoms. The van der Waals surface area contributed by atoms with E-state index in [9.17, 15) is 39.2 Å². The fraction of sp³-hybridized carbons (Fsp3) is 0.308. The van der Waals surface area contributed by atoms with Crippen molar-refractivity contribution in [3.63, 3.8) is 0 Å². The molecule has 1 saturated carbocycles. The highest BCUT2D eigenvalue weighted by molar-refractivity contribution is 6.24. The Labute approximate surface area is 210 Å². The van der Waals surface area contributed by atoms with Crippen LogP contribution < -0.4 is 5.73 Å². The Morgan fingerprint density at radius 2 is 1.86 bits per heavy atom. The van der Waals surface area contributed by atoms with Crippen LogP contribution in [0.4, 0.5) is 4.39 Å². The highest BCUT2D eigenvalue weighted by Gasteiger charge is 2.64. The first kappa shape index (κ1) is 24.6. The van der Waals surface area contributed by atoms with Crippen LogP contribution >= 0.6 is 0 Å². The van der Waals surface area contributed by atoms with Crippen molar-refractivity contribution in [1.29, 1.82) is 0 Å². The third-order valence-corrected chi connectivity index (χ3v) is 7.65. The van der Waals surface area contributed by atoms with Crippen molar-refractivity contribution in [2.75, 3.05) is 14.1 Å². The molecule has 1 aromatic heterocycles. The summed E-state index contributed by atoms with van der Waals surface area (Å²) < 4.78 is 14.6. The molecule has 5 rings (SSSR count). The molecule has 6 N–H and O–H groups in total. The number of primary amides is 1. The fourth-order valence-corrected chi connectivity index (χ4v) is 6.08. The molecule has 4 atom stereocenters. The largest absolute Gasteiger partial charge is 0.508 e. The molecule has 10 nitrogen and oxygen atoms in total. The van der Waals surface area contributed by atoms with Gasteiger partial charge in [0.05, 0.1) is 11.6 Å². The SMILES string of the molecule is CN(C)[C@@H]1C(=O)C(C(N)=O)=C(O)[C@@]2(O)C(=O)C3=C(O)c4c(O)ccc(-c5cccnc5F)c4C[C@H]3C[C@@H]12. The van der Waals surface area contributed by atoms with Gasteiger partial charge in [0.15, 0.2) is 11.4 Å². The Bertz CT molecular complexity index is 1460. The van der Waals surface area contributed by atoms with E-state index in [0.717, 1.165) is 0 Å². The predicted octanol–water partition coefficient (Wildman–Crippen LogP) is 1.17. The minimum Gasteiger partial charge on any atom is -0.508 e. The number of aliphatic hydroxyl groups is 3. The van der Waals surface area contributed by atoms with Crippen LogP contribution in [0.2, 0.25) is 0 Å². The number of carbonyl (C=O) groups excluding carboxylic acids is 3. The van der Waals surface area contributed by atoms with E-state index in [2.05, 4.69) is 4.98 Å². The van der Waals surface area contributed by atoms with Gasteiger partial charge in [-0.2, -0.15) is 4.39 Å². The molecule has 0 bridgehead atoms. The second-order valence-electron chi connectivity index (χ2n) is 9.79. The maximum atomic E-state index is 14.6. The lowest BCUT2D eigenvalue weighted by atomic mass is 9.57.